The highest BCUT2D eigenvalue weighted by Gasteiger charge is 2.13. The average Bonchev–Trinajstić information content (AvgIpc) is 2.54. The molecule has 0 aromatic heterocycles. The van der Waals surface area contributed by atoms with E-state index in [0.29, 0.717) is 12.5 Å². The Balaban J connectivity index is 2.46. The predicted molar refractivity (Wildman–Crippen MR) is 103 cm³/mol. The summed E-state index contributed by atoms with van der Waals surface area (Å²) in [7, 11) is 0. The van der Waals surface area contributed by atoms with Gasteiger partial charge in [0.05, 0.1) is 18.9 Å². The molecule has 136 valence electrons. The molecule has 1 N–H and O–H groups in total. The normalized spacial score (nSPS) is 12.5. The van der Waals surface area contributed by atoms with E-state index in [2.05, 4.69) is 38.7 Å². The van der Waals surface area contributed by atoms with Crippen LogP contribution >= 0.6 is 0 Å². The summed E-state index contributed by atoms with van der Waals surface area (Å²) in [6.45, 7) is 8.94. The van der Waals surface area contributed by atoms with Gasteiger partial charge in [-0.25, -0.2) is 0 Å². The minimum Gasteiger partial charge on any atom is -0.494 e. The van der Waals surface area contributed by atoms with Gasteiger partial charge in [-0.15, -0.1) is 5.92 Å². The maximum atomic E-state index is 10.9. The molecule has 0 bridgehead atoms. The van der Waals surface area contributed by atoms with Gasteiger partial charge in [0, 0.05) is 0 Å². The first-order valence-electron chi connectivity index (χ1n) is 8.92. The number of rotatable bonds is 10. The van der Waals surface area contributed by atoms with Crippen LogP contribution in [0.15, 0.2) is 35.9 Å². The van der Waals surface area contributed by atoms with Crippen LogP contribution in [-0.2, 0) is 4.79 Å². The molecule has 0 aliphatic carbocycles. The van der Waals surface area contributed by atoms with E-state index in [0.717, 1.165) is 24.2 Å². The highest BCUT2D eigenvalue weighted by Crippen LogP contribution is 2.22. The molecule has 3 heteroatoms. The molecule has 1 aromatic carbocycles. The predicted octanol–water partition coefficient (Wildman–Crippen LogP) is 5.42. The highest BCUT2D eigenvalue weighted by atomic mass is 16.5. The molecule has 25 heavy (non-hydrogen) atoms. The van der Waals surface area contributed by atoms with E-state index in [4.69, 9.17) is 9.84 Å². The SMILES string of the molecule is CC#CC(CC(=O)O)c1ccc(OCCC(C)CCC=C(C)C)cc1. The van der Waals surface area contributed by atoms with Gasteiger partial charge < -0.3 is 9.84 Å². The van der Waals surface area contributed by atoms with E-state index in [1.54, 1.807) is 6.92 Å². The van der Waals surface area contributed by atoms with Gasteiger partial charge in [0.2, 0.25) is 0 Å². The van der Waals surface area contributed by atoms with Crippen molar-refractivity contribution in [2.75, 3.05) is 6.61 Å². The molecule has 2 unspecified atom stereocenters. The summed E-state index contributed by atoms with van der Waals surface area (Å²) in [4.78, 5) is 10.9. The van der Waals surface area contributed by atoms with Gasteiger partial charge in [-0.05, 0) is 63.6 Å². The van der Waals surface area contributed by atoms with Crippen molar-refractivity contribution in [1.29, 1.82) is 0 Å². The first-order chi connectivity index (χ1) is 11.9. The zero-order valence-electron chi connectivity index (χ0n) is 15.8. The van der Waals surface area contributed by atoms with E-state index in [-0.39, 0.29) is 12.3 Å². The fourth-order valence-electron chi connectivity index (χ4n) is 2.58. The van der Waals surface area contributed by atoms with E-state index in [9.17, 15) is 4.79 Å². The van der Waals surface area contributed by atoms with Gasteiger partial charge in [0.1, 0.15) is 5.75 Å². The molecular weight excluding hydrogens is 312 g/mol. The Hall–Kier alpha value is -2.21. The summed E-state index contributed by atoms with van der Waals surface area (Å²) < 4.78 is 5.81. The number of carboxylic acids is 1. The topological polar surface area (TPSA) is 46.5 Å². The van der Waals surface area contributed by atoms with Crippen LogP contribution < -0.4 is 4.74 Å². The number of aliphatic carboxylic acids is 1. The maximum absolute atomic E-state index is 10.9. The van der Waals surface area contributed by atoms with Crippen molar-refractivity contribution in [2.45, 2.75) is 59.3 Å². The van der Waals surface area contributed by atoms with Crippen LogP contribution in [-0.4, -0.2) is 17.7 Å². The monoisotopic (exact) mass is 342 g/mol. The van der Waals surface area contributed by atoms with Gasteiger partial charge in [-0.2, -0.15) is 0 Å². The third-order valence-electron chi connectivity index (χ3n) is 4.07. The second-order valence-electron chi connectivity index (χ2n) is 6.71. The Morgan fingerprint density at radius 1 is 1.24 bits per heavy atom. The van der Waals surface area contributed by atoms with E-state index in [1.807, 2.05) is 24.3 Å². The van der Waals surface area contributed by atoms with Gasteiger partial charge in [-0.1, -0.05) is 36.6 Å². The van der Waals surface area contributed by atoms with Crippen LogP contribution in [0.25, 0.3) is 0 Å². The molecular formula is C22H30O3. The zero-order valence-corrected chi connectivity index (χ0v) is 15.8. The van der Waals surface area contributed by atoms with Gasteiger partial charge in [-0.3, -0.25) is 4.79 Å². The molecule has 0 spiro atoms. The zero-order chi connectivity index (χ0) is 18.7. The number of benzene rings is 1. The molecule has 0 radical (unpaired) electrons. The molecule has 0 amide bonds. The van der Waals surface area contributed by atoms with Crippen LogP contribution in [0.4, 0.5) is 0 Å². The Bertz CT molecular complexity index is 613. The van der Waals surface area contributed by atoms with Crippen molar-refractivity contribution in [3.05, 3.63) is 41.5 Å². The Morgan fingerprint density at radius 2 is 1.92 bits per heavy atom. The lowest BCUT2D eigenvalue weighted by Crippen LogP contribution is -2.06. The molecule has 1 rings (SSSR count). The quantitative estimate of drug-likeness (QED) is 0.456. The third-order valence-corrected chi connectivity index (χ3v) is 4.07. The molecule has 3 nitrogen and oxygen atoms in total. The summed E-state index contributed by atoms with van der Waals surface area (Å²) >= 11 is 0. The van der Waals surface area contributed by atoms with Gasteiger partial charge in [0.15, 0.2) is 0 Å². The summed E-state index contributed by atoms with van der Waals surface area (Å²) in [5, 5.41) is 8.99. The largest absolute Gasteiger partial charge is 0.494 e. The molecule has 0 aliphatic rings. The summed E-state index contributed by atoms with van der Waals surface area (Å²) in [6, 6.07) is 7.61. The molecule has 0 aliphatic heterocycles. The summed E-state index contributed by atoms with van der Waals surface area (Å²) in [5.41, 5.74) is 2.29. The first-order valence-corrected chi connectivity index (χ1v) is 8.92. The minimum atomic E-state index is -0.838. The fraction of sp³-hybridized carbons (Fsp3) is 0.500. The molecule has 2 atom stereocenters. The number of hydrogen-bond acceptors (Lipinski definition) is 2. The van der Waals surface area contributed by atoms with Crippen molar-refractivity contribution in [3.63, 3.8) is 0 Å². The number of carboxylic acid groups (broad SMARTS) is 1. The Morgan fingerprint density at radius 3 is 2.48 bits per heavy atom. The highest BCUT2D eigenvalue weighted by molar-refractivity contribution is 5.69. The van der Waals surface area contributed by atoms with Crippen molar-refractivity contribution in [1.82, 2.24) is 0 Å². The molecule has 0 heterocycles. The van der Waals surface area contributed by atoms with Crippen molar-refractivity contribution in [3.8, 4) is 17.6 Å². The average molecular weight is 342 g/mol. The molecule has 0 saturated heterocycles. The van der Waals surface area contributed by atoms with Crippen LogP contribution in [0.3, 0.4) is 0 Å². The van der Waals surface area contributed by atoms with E-state index >= 15 is 0 Å². The van der Waals surface area contributed by atoms with Crippen LogP contribution in [0.2, 0.25) is 0 Å². The van der Waals surface area contributed by atoms with E-state index in [1.165, 1.54) is 12.0 Å². The number of allylic oxidation sites excluding steroid dienone is 2. The lowest BCUT2D eigenvalue weighted by atomic mass is 9.96. The smallest absolute Gasteiger partial charge is 0.304 e. The number of hydrogen-bond donors (Lipinski definition) is 1. The summed E-state index contributed by atoms with van der Waals surface area (Å²) in [6.07, 6.45) is 5.63. The van der Waals surface area contributed by atoms with Gasteiger partial charge in [0.25, 0.3) is 0 Å². The van der Waals surface area contributed by atoms with Crippen molar-refractivity contribution >= 4 is 5.97 Å². The van der Waals surface area contributed by atoms with Crippen LogP contribution in [0, 0.1) is 17.8 Å². The van der Waals surface area contributed by atoms with Crippen molar-refractivity contribution in [2.24, 2.45) is 5.92 Å². The van der Waals surface area contributed by atoms with E-state index < -0.39 is 5.97 Å². The van der Waals surface area contributed by atoms with Gasteiger partial charge >= 0.3 is 5.97 Å². The lowest BCUT2D eigenvalue weighted by Gasteiger charge is -2.13. The standard InChI is InChI=1S/C22H30O3/c1-5-7-20(16-22(23)24)19-10-12-21(13-11-19)25-15-14-18(4)9-6-8-17(2)3/h8,10-13,18,20H,6,9,14-16H2,1-4H3,(H,23,24). The second-order valence-corrected chi connectivity index (χ2v) is 6.71. The molecule has 0 fully saturated rings. The lowest BCUT2D eigenvalue weighted by molar-refractivity contribution is -0.137. The molecule has 0 saturated carbocycles. The maximum Gasteiger partial charge on any atom is 0.304 e. The number of ether oxygens (including phenoxy) is 1. The number of carbonyl (C=O) groups is 1. The minimum absolute atomic E-state index is 0.0181. The summed E-state index contributed by atoms with van der Waals surface area (Å²) in [5.74, 6) is 6.11. The molecule has 1 aromatic rings. The first kappa shape index (κ1) is 20.8. The fourth-order valence-corrected chi connectivity index (χ4v) is 2.58. The van der Waals surface area contributed by atoms with Crippen LogP contribution in [0.1, 0.15) is 64.9 Å². The van der Waals surface area contributed by atoms with Crippen molar-refractivity contribution < 1.29 is 14.6 Å². The Kier molecular flexibility index (Phi) is 9.47. The van der Waals surface area contributed by atoms with Crippen LogP contribution in [0.5, 0.6) is 5.75 Å². The Labute approximate surface area is 152 Å². The second kappa shape index (κ2) is 11.4. The third kappa shape index (κ3) is 9.00.